The van der Waals surface area contributed by atoms with Gasteiger partial charge in [0.2, 0.25) is 0 Å². The van der Waals surface area contributed by atoms with Gasteiger partial charge in [-0.1, -0.05) is 140 Å². The Morgan fingerprint density at radius 1 is 0.317 bits per heavy atom. The predicted octanol–water partition coefficient (Wildman–Crippen LogP) is 15.2. The molecule has 0 bridgehead atoms. The van der Waals surface area contributed by atoms with Gasteiger partial charge in [-0.15, -0.1) is 0 Å². The Hall–Kier alpha value is -8.61. The maximum absolute atomic E-state index is 6.72. The molecule has 292 valence electrons. The SMILES string of the molecule is c1ccc(-c2nc(-c3cc4oc5ccccc5c4c4cc(-n5c6cc7ccccc7cc6c6c7ccccc7ccc65)ccc34)nc(-c3cccc4oc5ccccc5c34)n2)cc1. The molecule has 0 spiro atoms. The maximum atomic E-state index is 6.72. The molecule has 63 heavy (non-hydrogen) atoms. The molecular formula is C57H32N4O2. The van der Waals surface area contributed by atoms with Gasteiger partial charge in [-0.2, -0.15) is 0 Å². The van der Waals surface area contributed by atoms with Crippen molar-refractivity contribution < 1.29 is 8.83 Å². The molecule has 6 heteroatoms. The first-order chi connectivity index (χ1) is 31.2. The average molecular weight is 805 g/mol. The summed E-state index contributed by atoms with van der Waals surface area (Å²) in [5, 5.41) is 13.5. The van der Waals surface area contributed by atoms with Crippen LogP contribution in [0.4, 0.5) is 0 Å². The molecule has 0 atom stereocenters. The summed E-state index contributed by atoms with van der Waals surface area (Å²) >= 11 is 0. The Bertz CT molecular complexity index is 4220. The monoisotopic (exact) mass is 804 g/mol. The minimum Gasteiger partial charge on any atom is -0.456 e. The molecule has 0 radical (unpaired) electrons. The lowest BCUT2D eigenvalue weighted by atomic mass is 9.97. The van der Waals surface area contributed by atoms with Crippen LogP contribution in [0.15, 0.2) is 203 Å². The molecule has 0 fully saturated rings. The number of hydrogen-bond donors (Lipinski definition) is 0. The van der Waals surface area contributed by atoms with Gasteiger partial charge >= 0.3 is 0 Å². The molecule has 14 rings (SSSR count). The number of nitrogens with zero attached hydrogens (tertiary/aromatic N) is 4. The van der Waals surface area contributed by atoms with Gasteiger partial charge in [-0.05, 0) is 86.9 Å². The summed E-state index contributed by atoms with van der Waals surface area (Å²) in [6, 6.07) is 68.0. The van der Waals surface area contributed by atoms with Gasteiger partial charge in [0.1, 0.15) is 22.3 Å². The molecule has 0 aliphatic rings. The molecule has 0 aliphatic heterocycles. The third-order valence-corrected chi connectivity index (χ3v) is 12.8. The Kier molecular flexibility index (Phi) is 7.02. The lowest BCUT2D eigenvalue weighted by molar-refractivity contribution is 0.669. The van der Waals surface area contributed by atoms with Crippen LogP contribution in [0.2, 0.25) is 0 Å². The lowest BCUT2D eigenvalue weighted by Gasteiger charge is -2.14. The van der Waals surface area contributed by atoms with Gasteiger partial charge in [-0.3, -0.25) is 0 Å². The van der Waals surface area contributed by atoms with E-state index in [1.165, 1.54) is 32.3 Å². The largest absolute Gasteiger partial charge is 0.456 e. The van der Waals surface area contributed by atoms with Crippen LogP contribution >= 0.6 is 0 Å². The number of benzene rings is 10. The van der Waals surface area contributed by atoms with Gasteiger partial charge in [-0.25, -0.2) is 15.0 Å². The molecule has 0 aliphatic carbocycles. The quantitative estimate of drug-likeness (QED) is 0.177. The fraction of sp³-hybridized carbons (Fsp3) is 0. The number of aromatic nitrogens is 4. The van der Waals surface area contributed by atoms with Crippen LogP contribution in [0.1, 0.15) is 0 Å². The van der Waals surface area contributed by atoms with Crippen LogP contribution in [0.3, 0.4) is 0 Å². The third kappa shape index (κ3) is 5.03. The molecule has 0 saturated carbocycles. The van der Waals surface area contributed by atoms with Crippen molar-refractivity contribution >= 4 is 98.0 Å². The van der Waals surface area contributed by atoms with Crippen molar-refractivity contribution in [3.8, 4) is 39.9 Å². The number of fused-ring (bicyclic) bond motifs is 14. The Balaban J connectivity index is 1.08. The van der Waals surface area contributed by atoms with Gasteiger partial charge < -0.3 is 13.4 Å². The first-order valence-electron chi connectivity index (χ1n) is 21.2. The van der Waals surface area contributed by atoms with E-state index < -0.39 is 0 Å². The first-order valence-corrected chi connectivity index (χ1v) is 21.2. The summed E-state index contributed by atoms with van der Waals surface area (Å²) in [5.41, 5.74) is 9.17. The molecule has 0 saturated heterocycles. The summed E-state index contributed by atoms with van der Waals surface area (Å²) in [4.78, 5) is 15.8. The minimum atomic E-state index is 0.554. The minimum absolute atomic E-state index is 0.554. The lowest BCUT2D eigenvalue weighted by Crippen LogP contribution is -2.01. The van der Waals surface area contributed by atoms with Crippen molar-refractivity contribution in [3.63, 3.8) is 0 Å². The van der Waals surface area contributed by atoms with Crippen molar-refractivity contribution in [1.29, 1.82) is 0 Å². The third-order valence-electron chi connectivity index (χ3n) is 12.8. The summed E-state index contributed by atoms with van der Waals surface area (Å²) in [5.74, 6) is 1.70. The van der Waals surface area contributed by atoms with E-state index in [9.17, 15) is 0 Å². The Morgan fingerprint density at radius 2 is 0.952 bits per heavy atom. The fourth-order valence-electron chi connectivity index (χ4n) is 10.00. The molecule has 6 nitrogen and oxygen atoms in total. The van der Waals surface area contributed by atoms with Crippen molar-refractivity contribution in [2.75, 3.05) is 0 Å². The van der Waals surface area contributed by atoms with Crippen molar-refractivity contribution in [2.45, 2.75) is 0 Å². The second-order valence-corrected chi connectivity index (χ2v) is 16.3. The van der Waals surface area contributed by atoms with E-state index >= 15 is 0 Å². The highest BCUT2D eigenvalue weighted by molar-refractivity contribution is 6.25. The second-order valence-electron chi connectivity index (χ2n) is 16.3. The highest BCUT2D eigenvalue weighted by Crippen LogP contribution is 2.44. The molecule has 0 unspecified atom stereocenters. The summed E-state index contributed by atoms with van der Waals surface area (Å²) in [6.45, 7) is 0. The predicted molar refractivity (Wildman–Crippen MR) is 258 cm³/mol. The number of furan rings is 2. The van der Waals surface area contributed by atoms with Crippen LogP contribution in [-0.2, 0) is 0 Å². The van der Waals surface area contributed by atoms with Crippen molar-refractivity contribution in [2.24, 2.45) is 0 Å². The van der Waals surface area contributed by atoms with Crippen LogP contribution in [0.25, 0.3) is 138 Å². The Morgan fingerprint density at radius 3 is 1.76 bits per heavy atom. The van der Waals surface area contributed by atoms with E-state index in [2.05, 4.69) is 126 Å². The molecule has 0 amide bonds. The number of hydrogen-bond acceptors (Lipinski definition) is 5. The van der Waals surface area contributed by atoms with Crippen molar-refractivity contribution in [3.05, 3.63) is 194 Å². The van der Waals surface area contributed by atoms with Gasteiger partial charge in [0.15, 0.2) is 17.5 Å². The molecule has 0 N–H and O–H groups in total. The zero-order chi connectivity index (χ0) is 41.2. The fourth-order valence-corrected chi connectivity index (χ4v) is 10.00. The zero-order valence-electron chi connectivity index (χ0n) is 33.6. The van der Waals surface area contributed by atoms with Crippen LogP contribution in [-0.4, -0.2) is 19.5 Å². The molecule has 14 aromatic rings. The van der Waals surface area contributed by atoms with E-state index in [-0.39, 0.29) is 0 Å². The number of rotatable bonds is 4. The molecule has 4 heterocycles. The summed E-state index contributed by atoms with van der Waals surface area (Å²) in [7, 11) is 0. The van der Waals surface area contributed by atoms with E-state index in [0.717, 1.165) is 88.1 Å². The normalized spacial score (nSPS) is 12.1. The van der Waals surface area contributed by atoms with E-state index in [4.69, 9.17) is 23.8 Å². The standard InChI is InChI=1S/C57H32N4O2/c1-2-14-34(15-3-1)55-58-56(42-21-12-24-50-53(42)40-19-8-10-22-48(40)62-50)60-57(59-55)44-32-51-54(41-20-9-11-23-49(41)63-51)43-31-37(26-27-39(43)44)61-46-28-25-33-13-6-7-18-38(33)52(46)45-29-35-16-4-5-17-36(35)30-47(45)61/h1-32H. The van der Waals surface area contributed by atoms with E-state index in [1.54, 1.807) is 0 Å². The summed E-state index contributed by atoms with van der Waals surface area (Å²) < 4.78 is 15.5. The summed E-state index contributed by atoms with van der Waals surface area (Å²) in [6.07, 6.45) is 0. The zero-order valence-corrected chi connectivity index (χ0v) is 33.6. The molecule has 4 aromatic heterocycles. The topological polar surface area (TPSA) is 69.9 Å². The molecule has 10 aromatic carbocycles. The van der Waals surface area contributed by atoms with Gasteiger partial charge in [0.05, 0.1) is 11.0 Å². The second kappa shape index (κ2) is 12.9. The van der Waals surface area contributed by atoms with E-state index in [1.807, 2.05) is 72.8 Å². The average Bonchev–Trinajstić information content (AvgIpc) is 4.02. The highest BCUT2D eigenvalue weighted by Gasteiger charge is 2.23. The number of para-hydroxylation sites is 2. The van der Waals surface area contributed by atoms with E-state index in [0.29, 0.717) is 17.5 Å². The van der Waals surface area contributed by atoms with Gasteiger partial charge in [0.25, 0.3) is 0 Å². The first kappa shape index (κ1) is 34.1. The smallest absolute Gasteiger partial charge is 0.164 e. The maximum Gasteiger partial charge on any atom is 0.164 e. The van der Waals surface area contributed by atoms with Gasteiger partial charge in [0, 0.05) is 54.7 Å². The highest BCUT2D eigenvalue weighted by atomic mass is 16.3. The van der Waals surface area contributed by atoms with Crippen LogP contribution in [0.5, 0.6) is 0 Å². The van der Waals surface area contributed by atoms with Crippen molar-refractivity contribution in [1.82, 2.24) is 19.5 Å². The van der Waals surface area contributed by atoms with Crippen LogP contribution < -0.4 is 0 Å². The Labute approximate surface area is 358 Å². The van der Waals surface area contributed by atoms with Crippen LogP contribution in [0, 0.1) is 0 Å². The molecular weight excluding hydrogens is 773 g/mol.